The van der Waals surface area contributed by atoms with Crippen molar-refractivity contribution in [3.05, 3.63) is 78.2 Å². The highest BCUT2D eigenvalue weighted by molar-refractivity contribution is 5.95. The van der Waals surface area contributed by atoms with Gasteiger partial charge in [-0.1, -0.05) is 36.8 Å². The molecule has 5 rings (SSSR count). The van der Waals surface area contributed by atoms with Crippen molar-refractivity contribution in [2.75, 3.05) is 31.6 Å². The van der Waals surface area contributed by atoms with Gasteiger partial charge in [0, 0.05) is 18.7 Å². The molecule has 1 amide bonds. The quantitative estimate of drug-likeness (QED) is 0.303. The van der Waals surface area contributed by atoms with Gasteiger partial charge in [-0.15, -0.1) is 0 Å². The summed E-state index contributed by atoms with van der Waals surface area (Å²) in [4.78, 5) is 23.5. The summed E-state index contributed by atoms with van der Waals surface area (Å²) in [6.07, 6.45) is 8.72. The molecule has 9 heteroatoms. The molecule has 0 atom stereocenters. The van der Waals surface area contributed by atoms with Crippen LogP contribution in [-0.2, 0) is 0 Å². The van der Waals surface area contributed by atoms with Crippen LogP contribution in [0.5, 0.6) is 0 Å². The second-order valence-corrected chi connectivity index (χ2v) is 8.50. The third kappa shape index (κ3) is 5.52. The van der Waals surface area contributed by atoms with E-state index in [1.54, 1.807) is 17.1 Å². The van der Waals surface area contributed by atoms with Crippen LogP contribution in [0.1, 0.15) is 35.2 Å². The molecule has 2 aromatic carbocycles. The zero-order valence-electron chi connectivity index (χ0n) is 19.5. The first-order valence-corrected chi connectivity index (χ1v) is 11.9. The van der Waals surface area contributed by atoms with E-state index in [1.165, 1.54) is 25.6 Å². The van der Waals surface area contributed by atoms with Gasteiger partial charge < -0.3 is 10.2 Å². The zero-order valence-corrected chi connectivity index (χ0v) is 19.5. The maximum atomic E-state index is 12.4. The molecule has 2 N–H and O–H groups in total. The minimum Gasteiger partial charge on any atom is -0.351 e. The van der Waals surface area contributed by atoms with Crippen molar-refractivity contribution < 1.29 is 4.79 Å². The lowest BCUT2D eigenvalue weighted by atomic mass is 10.1. The van der Waals surface area contributed by atoms with Crippen LogP contribution in [0.25, 0.3) is 16.7 Å². The second kappa shape index (κ2) is 10.9. The molecule has 9 nitrogen and oxygen atoms in total. The van der Waals surface area contributed by atoms with Gasteiger partial charge in [0.2, 0.25) is 0 Å². The Bertz CT molecular complexity index is 1290. The van der Waals surface area contributed by atoms with Crippen molar-refractivity contribution in [1.29, 1.82) is 0 Å². The van der Waals surface area contributed by atoms with Crippen molar-refractivity contribution in [3.63, 3.8) is 0 Å². The Labute approximate surface area is 203 Å². The summed E-state index contributed by atoms with van der Waals surface area (Å²) in [7, 11) is 0. The maximum Gasteiger partial charge on any atom is 0.251 e. The Balaban J connectivity index is 1.18. The van der Waals surface area contributed by atoms with Crippen LogP contribution in [0.15, 0.2) is 72.2 Å². The summed E-state index contributed by atoms with van der Waals surface area (Å²) in [5.41, 5.74) is 6.10. The van der Waals surface area contributed by atoms with Gasteiger partial charge in [0.1, 0.15) is 6.33 Å². The van der Waals surface area contributed by atoms with Crippen LogP contribution in [0.4, 0.5) is 5.82 Å². The summed E-state index contributed by atoms with van der Waals surface area (Å²) in [6.45, 7) is 3.84. The number of hydrogen-bond acceptors (Lipinski definition) is 7. The highest BCUT2D eigenvalue weighted by Crippen LogP contribution is 2.21. The van der Waals surface area contributed by atoms with E-state index in [9.17, 15) is 4.79 Å². The first-order chi connectivity index (χ1) is 17.3. The molecule has 35 heavy (non-hydrogen) atoms. The van der Waals surface area contributed by atoms with Crippen LogP contribution in [0, 0.1) is 0 Å². The Kier molecular flexibility index (Phi) is 7.05. The highest BCUT2D eigenvalue weighted by Gasteiger charge is 2.12. The molecule has 0 radical (unpaired) electrons. The number of rotatable bonds is 8. The number of carbonyl (C=O) groups is 1. The summed E-state index contributed by atoms with van der Waals surface area (Å²) in [5.74, 6) is 0.514. The van der Waals surface area contributed by atoms with E-state index >= 15 is 0 Å². The molecular formula is C26H28N8O. The van der Waals surface area contributed by atoms with Gasteiger partial charge in [-0.2, -0.15) is 10.2 Å². The Morgan fingerprint density at radius 3 is 2.60 bits per heavy atom. The number of benzene rings is 2. The Morgan fingerprint density at radius 2 is 1.80 bits per heavy atom. The van der Waals surface area contributed by atoms with Crippen LogP contribution in [0.2, 0.25) is 0 Å². The van der Waals surface area contributed by atoms with E-state index in [2.05, 4.69) is 35.8 Å². The van der Waals surface area contributed by atoms with Gasteiger partial charge >= 0.3 is 0 Å². The molecule has 4 aromatic rings. The largest absolute Gasteiger partial charge is 0.351 e. The minimum atomic E-state index is -0.0533. The number of nitrogens with one attached hydrogen (secondary N) is 2. The molecule has 0 saturated carbocycles. The molecule has 1 aliphatic rings. The maximum absolute atomic E-state index is 12.4. The van der Waals surface area contributed by atoms with Gasteiger partial charge in [0.25, 0.3) is 5.91 Å². The molecule has 178 valence electrons. The monoisotopic (exact) mass is 468 g/mol. The van der Waals surface area contributed by atoms with Gasteiger partial charge in [-0.05, 0) is 55.8 Å². The number of carbonyl (C=O) groups excluding carboxylic acids is 1. The number of aromatic nitrogens is 4. The number of likely N-dealkylation sites (tertiary alicyclic amines) is 1. The molecular weight excluding hydrogens is 440 g/mol. The summed E-state index contributed by atoms with van der Waals surface area (Å²) in [6, 6.07) is 17.2. The minimum absolute atomic E-state index is 0.0533. The van der Waals surface area contributed by atoms with E-state index < -0.39 is 0 Å². The number of amides is 1. The van der Waals surface area contributed by atoms with Crippen LogP contribution in [-0.4, -0.2) is 62.9 Å². The Hall–Kier alpha value is -4.11. The van der Waals surface area contributed by atoms with Crippen LogP contribution < -0.4 is 10.7 Å². The van der Waals surface area contributed by atoms with Gasteiger partial charge in [-0.25, -0.2) is 14.6 Å². The predicted octanol–water partition coefficient (Wildman–Crippen LogP) is 3.48. The second-order valence-electron chi connectivity index (χ2n) is 8.50. The summed E-state index contributed by atoms with van der Waals surface area (Å²) < 4.78 is 1.77. The van der Waals surface area contributed by atoms with Gasteiger partial charge in [0.05, 0.1) is 23.5 Å². The van der Waals surface area contributed by atoms with Gasteiger partial charge in [0.15, 0.2) is 11.5 Å². The molecule has 2 aromatic heterocycles. The number of piperidine rings is 1. The van der Waals surface area contributed by atoms with Crippen molar-refractivity contribution >= 4 is 29.0 Å². The van der Waals surface area contributed by atoms with Crippen molar-refractivity contribution in [1.82, 2.24) is 30.0 Å². The molecule has 0 spiro atoms. The van der Waals surface area contributed by atoms with Crippen molar-refractivity contribution in [2.24, 2.45) is 5.10 Å². The molecule has 0 aliphatic carbocycles. The normalized spacial score (nSPS) is 14.4. The smallest absolute Gasteiger partial charge is 0.251 e. The lowest BCUT2D eigenvalue weighted by Gasteiger charge is -2.26. The molecule has 3 heterocycles. The number of hydrogen-bond donors (Lipinski definition) is 2. The standard InChI is InChI=1S/C26H28N8O/c35-26(27-13-16-33-14-5-2-6-15-33)21-11-9-20(10-12-21)17-30-32-24-23-18-31-34(25(23)29-19-28-24)22-7-3-1-4-8-22/h1,3-4,7-12,17-19H,2,5-6,13-16H2,(H,27,35)(H,28,29,32)/b30-17-. The topological polar surface area (TPSA) is 100 Å². The first kappa shape index (κ1) is 22.7. The fourth-order valence-corrected chi connectivity index (χ4v) is 4.19. The molecule has 1 fully saturated rings. The zero-order chi connectivity index (χ0) is 23.9. The molecule has 0 bridgehead atoms. The molecule has 0 unspecified atom stereocenters. The van der Waals surface area contributed by atoms with E-state index in [4.69, 9.17) is 0 Å². The van der Waals surface area contributed by atoms with E-state index in [-0.39, 0.29) is 5.91 Å². The molecule has 1 aliphatic heterocycles. The average Bonchev–Trinajstić information content (AvgIpc) is 3.35. The van der Waals surface area contributed by atoms with Crippen LogP contribution in [0.3, 0.4) is 0 Å². The third-order valence-electron chi connectivity index (χ3n) is 6.09. The van der Waals surface area contributed by atoms with Gasteiger partial charge in [-0.3, -0.25) is 10.2 Å². The predicted molar refractivity (Wildman–Crippen MR) is 137 cm³/mol. The van der Waals surface area contributed by atoms with E-state index in [0.717, 1.165) is 36.3 Å². The number of anilines is 1. The lowest BCUT2D eigenvalue weighted by molar-refractivity contribution is 0.0946. The van der Waals surface area contributed by atoms with Crippen molar-refractivity contribution in [3.8, 4) is 5.69 Å². The van der Waals surface area contributed by atoms with Crippen LogP contribution >= 0.6 is 0 Å². The highest BCUT2D eigenvalue weighted by atomic mass is 16.1. The number of nitrogens with zero attached hydrogens (tertiary/aromatic N) is 6. The van der Waals surface area contributed by atoms with E-state index in [0.29, 0.717) is 23.6 Å². The fourth-order valence-electron chi connectivity index (χ4n) is 4.19. The van der Waals surface area contributed by atoms with E-state index in [1.807, 2.05) is 54.6 Å². The lowest BCUT2D eigenvalue weighted by Crippen LogP contribution is -2.37. The average molecular weight is 469 g/mol. The summed E-state index contributed by atoms with van der Waals surface area (Å²) >= 11 is 0. The fraction of sp³-hybridized carbons (Fsp3) is 0.269. The number of para-hydroxylation sites is 1. The summed E-state index contributed by atoms with van der Waals surface area (Å²) in [5, 5.41) is 12.5. The number of fused-ring (bicyclic) bond motifs is 1. The SMILES string of the molecule is O=C(NCCN1CCCCC1)c1ccc(/C=N\Nc2ncnc3c2cnn3-c2ccccc2)cc1. The van der Waals surface area contributed by atoms with Crippen molar-refractivity contribution in [2.45, 2.75) is 19.3 Å². The Morgan fingerprint density at radius 1 is 1.00 bits per heavy atom. The third-order valence-corrected chi connectivity index (χ3v) is 6.09. The first-order valence-electron chi connectivity index (χ1n) is 11.9. The number of hydrazone groups is 1. The molecule has 1 saturated heterocycles.